The maximum Gasteiger partial charge on any atom is 0.270 e. The lowest BCUT2D eigenvalue weighted by molar-refractivity contribution is 0.0938. The Bertz CT molecular complexity index is 1180. The van der Waals surface area contributed by atoms with Gasteiger partial charge >= 0.3 is 0 Å². The summed E-state index contributed by atoms with van der Waals surface area (Å²) in [5, 5.41) is 3.17. The maximum atomic E-state index is 13.2. The molecule has 0 spiro atoms. The summed E-state index contributed by atoms with van der Waals surface area (Å²) in [6.07, 6.45) is 3.36. The van der Waals surface area contributed by atoms with Crippen LogP contribution in [0, 0.1) is 0 Å². The van der Waals surface area contributed by atoms with Crippen molar-refractivity contribution in [1.82, 2.24) is 20.3 Å². The Kier molecular flexibility index (Phi) is 5.33. The van der Waals surface area contributed by atoms with E-state index in [0.29, 0.717) is 18.9 Å². The van der Waals surface area contributed by atoms with E-state index in [2.05, 4.69) is 25.2 Å². The molecule has 4 aromatic rings. The second-order valence-electron chi connectivity index (χ2n) is 7.49. The Morgan fingerprint density at radius 2 is 1.84 bits per heavy atom. The highest BCUT2D eigenvalue weighted by Gasteiger charge is 2.20. The molecule has 2 aromatic heterocycles. The number of amides is 1. The molecule has 2 N–H and O–H groups in total. The summed E-state index contributed by atoms with van der Waals surface area (Å²) in [6.45, 7) is 3.00. The quantitative estimate of drug-likeness (QED) is 0.525. The summed E-state index contributed by atoms with van der Waals surface area (Å²) in [6, 6.07) is 19.4. The predicted molar refractivity (Wildman–Crippen MR) is 119 cm³/mol. The fourth-order valence-corrected chi connectivity index (χ4v) is 3.90. The maximum absolute atomic E-state index is 13.2. The van der Waals surface area contributed by atoms with Crippen LogP contribution in [0.25, 0.3) is 11.0 Å². The largest absolute Gasteiger partial charge is 0.378 e. The lowest BCUT2D eigenvalue weighted by atomic mass is 9.98. The fourth-order valence-electron chi connectivity index (χ4n) is 3.90. The molecule has 0 bridgehead atoms. The molecular weight excluding hydrogens is 390 g/mol. The summed E-state index contributed by atoms with van der Waals surface area (Å²) in [5.41, 5.74) is 5.17. The van der Waals surface area contributed by atoms with Crippen LogP contribution in [-0.2, 0) is 4.74 Å². The average molecular weight is 413 g/mol. The molecule has 2 aromatic carbocycles. The standard InChI is InChI=1S/C24H23N5O2/c30-24(22-15-19(8-9-25-22)29-10-12-31-13-11-29)28-23(17-4-2-1-3-5-17)18-6-7-20-21(14-18)27-16-26-20/h1-9,14-16,23H,10-13H2,(H,26,27)(H,28,30). The van der Waals surface area contributed by atoms with Crippen molar-refractivity contribution in [3.05, 3.63) is 90.0 Å². The summed E-state index contributed by atoms with van der Waals surface area (Å²) in [7, 11) is 0. The van der Waals surface area contributed by atoms with Gasteiger partial charge in [0.1, 0.15) is 5.69 Å². The molecule has 1 amide bonds. The second kappa shape index (κ2) is 8.57. The molecular formula is C24H23N5O2. The van der Waals surface area contributed by atoms with Crippen LogP contribution in [0.3, 0.4) is 0 Å². The molecule has 1 atom stereocenters. The summed E-state index contributed by atoms with van der Waals surface area (Å²) >= 11 is 0. The smallest absolute Gasteiger partial charge is 0.270 e. The molecule has 0 saturated carbocycles. The van der Waals surface area contributed by atoms with Crippen LogP contribution in [0.5, 0.6) is 0 Å². The van der Waals surface area contributed by atoms with Crippen LogP contribution in [-0.4, -0.2) is 47.2 Å². The molecule has 5 rings (SSSR count). The van der Waals surface area contributed by atoms with Crippen molar-refractivity contribution in [3.63, 3.8) is 0 Å². The van der Waals surface area contributed by atoms with Gasteiger partial charge in [0.15, 0.2) is 0 Å². The fraction of sp³-hybridized carbons (Fsp3) is 0.208. The number of hydrogen-bond acceptors (Lipinski definition) is 5. The van der Waals surface area contributed by atoms with Crippen molar-refractivity contribution >= 4 is 22.6 Å². The molecule has 31 heavy (non-hydrogen) atoms. The molecule has 1 fully saturated rings. The molecule has 1 aliphatic rings. The number of nitrogens with zero attached hydrogens (tertiary/aromatic N) is 3. The number of morpholine rings is 1. The summed E-state index contributed by atoms with van der Waals surface area (Å²) < 4.78 is 5.43. The van der Waals surface area contributed by atoms with Gasteiger partial charge in [-0.3, -0.25) is 9.78 Å². The van der Waals surface area contributed by atoms with Gasteiger partial charge in [0.05, 0.1) is 36.6 Å². The predicted octanol–water partition coefficient (Wildman–Crippen LogP) is 3.31. The normalized spacial score (nSPS) is 15.0. The number of pyridine rings is 1. The minimum atomic E-state index is -0.310. The lowest BCUT2D eigenvalue weighted by Crippen LogP contribution is -2.36. The van der Waals surface area contributed by atoms with Crippen LogP contribution < -0.4 is 10.2 Å². The number of benzene rings is 2. The molecule has 1 aliphatic heterocycles. The average Bonchev–Trinajstić information content (AvgIpc) is 3.31. The molecule has 0 radical (unpaired) electrons. The number of imidazole rings is 1. The minimum Gasteiger partial charge on any atom is -0.378 e. The van der Waals surface area contributed by atoms with Crippen LogP contribution in [0.1, 0.15) is 27.7 Å². The molecule has 156 valence electrons. The number of ether oxygens (including phenoxy) is 1. The van der Waals surface area contributed by atoms with Gasteiger partial charge in [-0.25, -0.2) is 4.98 Å². The first-order valence-electron chi connectivity index (χ1n) is 10.4. The van der Waals surface area contributed by atoms with Gasteiger partial charge in [-0.15, -0.1) is 0 Å². The van der Waals surface area contributed by atoms with Crippen molar-refractivity contribution in [2.75, 3.05) is 31.2 Å². The third kappa shape index (κ3) is 4.13. The van der Waals surface area contributed by atoms with Crippen LogP contribution >= 0.6 is 0 Å². The first-order valence-corrected chi connectivity index (χ1v) is 10.4. The SMILES string of the molecule is O=C(NC(c1ccccc1)c1ccc2nc[nH]c2c1)c1cc(N2CCOCC2)ccn1. The Morgan fingerprint density at radius 1 is 1.00 bits per heavy atom. The van der Waals surface area contributed by atoms with Crippen LogP contribution in [0.2, 0.25) is 0 Å². The number of H-pyrrole nitrogens is 1. The van der Waals surface area contributed by atoms with Gasteiger partial charge in [-0.05, 0) is 35.4 Å². The van der Waals surface area contributed by atoms with E-state index in [4.69, 9.17) is 4.74 Å². The first kappa shape index (κ1) is 19.3. The van der Waals surface area contributed by atoms with E-state index < -0.39 is 0 Å². The van der Waals surface area contributed by atoms with Gasteiger partial charge in [0, 0.05) is 25.0 Å². The Morgan fingerprint density at radius 3 is 2.68 bits per heavy atom. The van der Waals surface area contributed by atoms with E-state index >= 15 is 0 Å². The zero-order valence-electron chi connectivity index (χ0n) is 17.0. The number of fused-ring (bicyclic) bond motifs is 1. The minimum absolute atomic E-state index is 0.214. The van der Waals surface area contributed by atoms with Gasteiger partial charge in [0.25, 0.3) is 5.91 Å². The topological polar surface area (TPSA) is 83.1 Å². The van der Waals surface area contributed by atoms with Crippen LogP contribution in [0.15, 0.2) is 73.2 Å². The van der Waals surface area contributed by atoms with E-state index in [0.717, 1.165) is 40.9 Å². The Labute approximate surface area is 180 Å². The Balaban J connectivity index is 1.44. The third-order valence-electron chi connectivity index (χ3n) is 5.54. The number of aromatic nitrogens is 3. The molecule has 1 saturated heterocycles. The zero-order chi connectivity index (χ0) is 21.0. The second-order valence-corrected chi connectivity index (χ2v) is 7.49. The molecule has 7 heteroatoms. The monoisotopic (exact) mass is 413 g/mol. The zero-order valence-corrected chi connectivity index (χ0v) is 17.0. The number of carbonyl (C=O) groups is 1. The summed E-state index contributed by atoms with van der Waals surface area (Å²) in [4.78, 5) is 27.2. The highest BCUT2D eigenvalue weighted by molar-refractivity contribution is 5.93. The van der Waals surface area contributed by atoms with Gasteiger partial charge in [-0.1, -0.05) is 36.4 Å². The number of rotatable bonds is 5. The van der Waals surface area contributed by atoms with Crippen molar-refractivity contribution in [2.24, 2.45) is 0 Å². The molecule has 3 heterocycles. The van der Waals surface area contributed by atoms with Crippen molar-refractivity contribution in [3.8, 4) is 0 Å². The van der Waals surface area contributed by atoms with Crippen LogP contribution in [0.4, 0.5) is 5.69 Å². The third-order valence-corrected chi connectivity index (χ3v) is 5.54. The van der Waals surface area contributed by atoms with Crippen molar-refractivity contribution < 1.29 is 9.53 Å². The highest BCUT2D eigenvalue weighted by Crippen LogP contribution is 2.25. The van der Waals surface area contributed by atoms with E-state index in [1.54, 1.807) is 12.5 Å². The van der Waals surface area contributed by atoms with Gasteiger partial charge in [-0.2, -0.15) is 0 Å². The lowest BCUT2D eigenvalue weighted by Gasteiger charge is -2.29. The number of hydrogen-bond donors (Lipinski definition) is 2. The Hall–Kier alpha value is -3.71. The molecule has 7 nitrogen and oxygen atoms in total. The number of aromatic amines is 1. The van der Waals surface area contributed by atoms with E-state index in [-0.39, 0.29) is 11.9 Å². The number of carbonyl (C=O) groups excluding carboxylic acids is 1. The van der Waals surface area contributed by atoms with Crippen molar-refractivity contribution in [2.45, 2.75) is 6.04 Å². The van der Waals surface area contributed by atoms with E-state index in [9.17, 15) is 4.79 Å². The van der Waals surface area contributed by atoms with E-state index in [1.165, 1.54) is 0 Å². The molecule has 1 unspecified atom stereocenters. The van der Waals surface area contributed by atoms with Gasteiger partial charge < -0.3 is 19.9 Å². The van der Waals surface area contributed by atoms with Crippen molar-refractivity contribution in [1.29, 1.82) is 0 Å². The molecule has 0 aliphatic carbocycles. The highest BCUT2D eigenvalue weighted by atomic mass is 16.5. The van der Waals surface area contributed by atoms with Gasteiger partial charge in [0.2, 0.25) is 0 Å². The number of nitrogens with one attached hydrogen (secondary N) is 2. The first-order chi connectivity index (χ1) is 15.3. The summed E-state index contributed by atoms with van der Waals surface area (Å²) in [5.74, 6) is -0.214. The van der Waals surface area contributed by atoms with E-state index in [1.807, 2.05) is 60.7 Å². The number of anilines is 1.